The highest BCUT2D eigenvalue weighted by Gasteiger charge is 2.18. The first kappa shape index (κ1) is 11.1. The maximum atomic E-state index is 6.25. The number of benzene rings is 1. The lowest BCUT2D eigenvalue weighted by molar-refractivity contribution is 0.174. The van der Waals surface area contributed by atoms with E-state index in [1.165, 1.54) is 0 Å². The van der Waals surface area contributed by atoms with Crippen molar-refractivity contribution < 1.29 is 9.47 Å². The molecule has 0 unspecified atom stereocenters. The van der Waals surface area contributed by atoms with Crippen LogP contribution in [0.4, 0.5) is 0 Å². The van der Waals surface area contributed by atoms with Gasteiger partial charge in [0, 0.05) is 43.8 Å². The van der Waals surface area contributed by atoms with E-state index < -0.39 is 0 Å². The van der Waals surface area contributed by atoms with Crippen molar-refractivity contribution in [1.29, 1.82) is 0 Å². The standard InChI is InChI=1S/C12H15ClN2O2/c13-10-6-12-11(16-8-17-12)5-9(10)7-15-3-1-14-2-4-15/h5-6,14H,1-4,7-8H2. The first-order chi connectivity index (χ1) is 8.33. The number of hydrogen-bond acceptors (Lipinski definition) is 4. The van der Waals surface area contributed by atoms with Crippen LogP contribution in [-0.2, 0) is 6.54 Å². The number of ether oxygens (including phenoxy) is 2. The molecule has 1 N–H and O–H groups in total. The van der Waals surface area contributed by atoms with Crippen LogP contribution in [-0.4, -0.2) is 37.9 Å². The number of nitrogens with one attached hydrogen (secondary N) is 1. The van der Waals surface area contributed by atoms with Gasteiger partial charge in [-0.05, 0) is 11.6 Å². The average Bonchev–Trinajstić information content (AvgIpc) is 2.78. The van der Waals surface area contributed by atoms with Gasteiger partial charge in [-0.2, -0.15) is 0 Å². The van der Waals surface area contributed by atoms with E-state index >= 15 is 0 Å². The third kappa shape index (κ3) is 2.34. The van der Waals surface area contributed by atoms with Crippen LogP contribution in [0.1, 0.15) is 5.56 Å². The summed E-state index contributed by atoms with van der Waals surface area (Å²) in [5.41, 5.74) is 1.11. The average molecular weight is 255 g/mol. The third-order valence-electron chi connectivity index (χ3n) is 3.15. The van der Waals surface area contributed by atoms with E-state index in [0.717, 1.165) is 54.8 Å². The summed E-state index contributed by atoms with van der Waals surface area (Å²) >= 11 is 6.25. The molecule has 2 aliphatic rings. The molecule has 1 aromatic carbocycles. The number of rotatable bonds is 2. The topological polar surface area (TPSA) is 33.7 Å². The van der Waals surface area contributed by atoms with Gasteiger partial charge >= 0.3 is 0 Å². The quantitative estimate of drug-likeness (QED) is 0.867. The van der Waals surface area contributed by atoms with Crippen molar-refractivity contribution in [2.75, 3.05) is 33.0 Å². The summed E-state index contributed by atoms with van der Waals surface area (Å²) in [4.78, 5) is 2.39. The van der Waals surface area contributed by atoms with Gasteiger partial charge in [0.15, 0.2) is 11.5 Å². The number of fused-ring (bicyclic) bond motifs is 1. The van der Waals surface area contributed by atoms with Gasteiger partial charge in [-0.25, -0.2) is 0 Å². The Morgan fingerprint density at radius 3 is 2.65 bits per heavy atom. The minimum Gasteiger partial charge on any atom is -0.454 e. The van der Waals surface area contributed by atoms with Crippen molar-refractivity contribution in [3.8, 4) is 11.5 Å². The van der Waals surface area contributed by atoms with E-state index in [0.29, 0.717) is 6.79 Å². The number of hydrogen-bond donors (Lipinski definition) is 1. The molecule has 0 radical (unpaired) electrons. The molecule has 17 heavy (non-hydrogen) atoms. The van der Waals surface area contributed by atoms with Crippen molar-refractivity contribution in [2.24, 2.45) is 0 Å². The molecule has 0 bridgehead atoms. The number of piperazine rings is 1. The lowest BCUT2D eigenvalue weighted by Gasteiger charge is -2.27. The van der Waals surface area contributed by atoms with E-state index in [2.05, 4.69) is 10.2 Å². The molecule has 0 amide bonds. The first-order valence-electron chi connectivity index (χ1n) is 5.84. The molecular weight excluding hydrogens is 240 g/mol. The van der Waals surface area contributed by atoms with Crippen LogP contribution in [0, 0.1) is 0 Å². The lowest BCUT2D eigenvalue weighted by atomic mass is 10.1. The molecule has 92 valence electrons. The Balaban J connectivity index is 1.78. The molecule has 4 nitrogen and oxygen atoms in total. The Labute approximate surface area is 105 Å². The summed E-state index contributed by atoms with van der Waals surface area (Å²) in [6.07, 6.45) is 0. The molecule has 0 spiro atoms. The fourth-order valence-corrected chi connectivity index (χ4v) is 2.40. The second-order valence-electron chi connectivity index (χ2n) is 4.32. The highest BCUT2D eigenvalue weighted by molar-refractivity contribution is 6.31. The van der Waals surface area contributed by atoms with E-state index in [9.17, 15) is 0 Å². The van der Waals surface area contributed by atoms with Crippen molar-refractivity contribution in [2.45, 2.75) is 6.54 Å². The summed E-state index contributed by atoms with van der Waals surface area (Å²) in [5.74, 6) is 1.55. The molecule has 3 rings (SSSR count). The molecule has 0 atom stereocenters. The van der Waals surface area contributed by atoms with Crippen molar-refractivity contribution in [1.82, 2.24) is 10.2 Å². The number of halogens is 1. The van der Waals surface area contributed by atoms with Crippen LogP contribution < -0.4 is 14.8 Å². The molecule has 0 saturated carbocycles. The van der Waals surface area contributed by atoms with Crippen LogP contribution in [0.2, 0.25) is 5.02 Å². The zero-order valence-electron chi connectivity index (χ0n) is 9.54. The molecule has 1 saturated heterocycles. The lowest BCUT2D eigenvalue weighted by Crippen LogP contribution is -2.42. The molecule has 2 heterocycles. The van der Waals surface area contributed by atoms with Gasteiger partial charge in [-0.3, -0.25) is 4.90 Å². The van der Waals surface area contributed by atoms with E-state index in [-0.39, 0.29) is 0 Å². The zero-order valence-corrected chi connectivity index (χ0v) is 10.3. The summed E-state index contributed by atoms with van der Waals surface area (Å²) < 4.78 is 10.7. The van der Waals surface area contributed by atoms with Crippen LogP contribution in [0.25, 0.3) is 0 Å². The van der Waals surface area contributed by atoms with Gasteiger partial charge in [0.2, 0.25) is 6.79 Å². The predicted octanol–water partition coefficient (Wildman–Crippen LogP) is 1.47. The molecule has 2 aliphatic heterocycles. The fraction of sp³-hybridized carbons (Fsp3) is 0.500. The zero-order chi connectivity index (χ0) is 11.7. The van der Waals surface area contributed by atoms with Gasteiger partial charge in [0.25, 0.3) is 0 Å². The monoisotopic (exact) mass is 254 g/mol. The predicted molar refractivity (Wildman–Crippen MR) is 65.7 cm³/mol. The second kappa shape index (κ2) is 4.72. The molecular formula is C12H15ClN2O2. The maximum Gasteiger partial charge on any atom is 0.231 e. The maximum absolute atomic E-state index is 6.25. The van der Waals surface area contributed by atoms with E-state index in [1.807, 2.05) is 12.1 Å². The second-order valence-corrected chi connectivity index (χ2v) is 4.73. The molecule has 1 aromatic rings. The smallest absolute Gasteiger partial charge is 0.231 e. The van der Waals surface area contributed by atoms with Crippen LogP contribution in [0.3, 0.4) is 0 Å². The van der Waals surface area contributed by atoms with Crippen LogP contribution >= 0.6 is 11.6 Å². The molecule has 5 heteroatoms. The SMILES string of the molecule is Clc1cc2c(cc1CN1CCNCC1)OCO2. The molecule has 1 fully saturated rings. The highest BCUT2D eigenvalue weighted by atomic mass is 35.5. The van der Waals surface area contributed by atoms with Gasteiger partial charge < -0.3 is 14.8 Å². The van der Waals surface area contributed by atoms with Gasteiger partial charge in [0.05, 0.1) is 0 Å². The Bertz CT molecular complexity index is 419. The Morgan fingerprint density at radius 2 is 1.88 bits per heavy atom. The molecule has 0 aliphatic carbocycles. The highest BCUT2D eigenvalue weighted by Crippen LogP contribution is 2.37. The minimum atomic E-state index is 0.294. The number of nitrogens with zero attached hydrogens (tertiary/aromatic N) is 1. The minimum absolute atomic E-state index is 0.294. The van der Waals surface area contributed by atoms with Gasteiger partial charge in [0.1, 0.15) is 0 Å². The van der Waals surface area contributed by atoms with Crippen molar-refractivity contribution >= 4 is 11.6 Å². The van der Waals surface area contributed by atoms with Crippen molar-refractivity contribution in [3.63, 3.8) is 0 Å². The van der Waals surface area contributed by atoms with E-state index in [4.69, 9.17) is 21.1 Å². The normalized spacial score (nSPS) is 19.6. The Hall–Kier alpha value is -0.970. The Kier molecular flexibility index (Phi) is 3.09. The van der Waals surface area contributed by atoms with Crippen LogP contribution in [0.5, 0.6) is 11.5 Å². The summed E-state index contributed by atoms with van der Waals surface area (Å²) in [6, 6.07) is 3.84. The Morgan fingerprint density at radius 1 is 1.18 bits per heavy atom. The van der Waals surface area contributed by atoms with E-state index in [1.54, 1.807) is 0 Å². The van der Waals surface area contributed by atoms with Crippen molar-refractivity contribution in [3.05, 3.63) is 22.7 Å². The largest absolute Gasteiger partial charge is 0.454 e. The fourth-order valence-electron chi connectivity index (χ4n) is 2.19. The third-order valence-corrected chi connectivity index (χ3v) is 3.50. The van der Waals surface area contributed by atoms with Gasteiger partial charge in [-0.15, -0.1) is 0 Å². The molecule has 0 aromatic heterocycles. The van der Waals surface area contributed by atoms with Crippen LogP contribution in [0.15, 0.2) is 12.1 Å². The summed E-state index contributed by atoms with van der Waals surface area (Å²) in [6.45, 7) is 5.37. The van der Waals surface area contributed by atoms with Gasteiger partial charge in [-0.1, -0.05) is 11.6 Å². The summed E-state index contributed by atoms with van der Waals surface area (Å²) in [5, 5.41) is 4.09. The summed E-state index contributed by atoms with van der Waals surface area (Å²) in [7, 11) is 0. The first-order valence-corrected chi connectivity index (χ1v) is 6.22.